The number of anilines is 1. The van der Waals surface area contributed by atoms with Gasteiger partial charge in [-0.25, -0.2) is 4.98 Å². The van der Waals surface area contributed by atoms with Gasteiger partial charge in [0.1, 0.15) is 5.82 Å². The molecule has 0 aromatic carbocycles. The van der Waals surface area contributed by atoms with E-state index in [2.05, 4.69) is 30.8 Å². The zero-order chi connectivity index (χ0) is 19.8. The van der Waals surface area contributed by atoms with Gasteiger partial charge >= 0.3 is 0 Å². The molecule has 7 nitrogen and oxygen atoms in total. The van der Waals surface area contributed by atoms with Gasteiger partial charge in [-0.05, 0) is 36.4 Å². The van der Waals surface area contributed by atoms with Crippen molar-refractivity contribution in [3.63, 3.8) is 0 Å². The number of halogens is 1. The first-order valence-electron chi connectivity index (χ1n) is 9.31. The summed E-state index contributed by atoms with van der Waals surface area (Å²) in [6.07, 6.45) is 3.57. The molecule has 0 bridgehead atoms. The Labute approximate surface area is 174 Å². The van der Waals surface area contributed by atoms with Gasteiger partial charge in [0.05, 0.1) is 9.90 Å². The minimum absolute atomic E-state index is 0.0169. The first-order chi connectivity index (χ1) is 13.7. The summed E-state index contributed by atoms with van der Waals surface area (Å²) in [5, 5.41) is 12.2. The van der Waals surface area contributed by atoms with Crippen LogP contribution in [0, 0.1) is 0 Å². The largest absolute Gasteiger partial charge is 0.356 e. The second-order valence-corrected chi connectivity index (χ2v) is 7.83. The van der Waals surface area contributed by atoms with Crippen LogP contribution in [0.3, 0.4) is 0 Å². The maximum atomic E-state index is 11.9. The fourth-order valence-corrected chi connectivity index (χ4v) is 3.94. The fraction of sp³-hybridized carbons (Fsp3) is 0.421. The quantitative estimate of drug-likeness (QED) is 0.364. The number of nitrogens with one attached hydrogen (secondary N) is 3. The molecule has 2 aromatic rings. The van der Waals surface area contributed by atoms with Crippen LogP contribution in [-0.4, -0.2) is 56.1 Å². The average molecular weight is 421 g/mol. The van der Waals surface area contributed by atoms with Gasteiger partial charge in [0.25, 0.3) is 5.91 Å². The van der Waals surface area contributed by atoms with Crippen LogP contribution in [0.4, 0.5) is 5.82 Å². The monoisotopic (exact) mass is 420 g/mol. The molecular weight excluding hydrogens is 396 g/mol. The van der Waals surface area contributed by atoms with Gasteiger partial charge < -0.3 is 20.9 Å². The van der Waals surface area contributed by atoms with E-state index < -0.39 is 0 Å². The number of hydrogen-bond donors (Lipinski definition) is 3. The van der Waals surface area contributed by atoms with Gasteiger partial charge in [-0.2, -0.15) is 0 Å². The zero-order valence-electron chi connectivity index (χ0n) is 15.8. The van der Waals surface area contributed by atoms with Crippen molar-refractivity contribution < 1.29 is 4.79 Å². The fourth-order valence-electron chi connectivity index (χ4n) is 3.06. The molecule has 1 saturated heterocycles. The molecule has 0 radical (unpaired) electrons. The summed E-state index contributed by atoms with van der Waals surface area (Å²) in [6.45, 7) is 3.08. The number of carbonyl (C=O) groups excluding carboxylic acids is 1. The number of aromatic nitrogens is 1. The number of aliphatic imine (C=N–C) groups is 1. The highest BCUT2D eigenvalue weighted by atomic mass is 35.5. The van der Waals surface area contributed by atoms with Gasteiger partial charge in [0.2, 0.25) is 0 Å². The molecule has 0 saturated carbocycles. The smallest absolute Gasteiger partial charge is 0.261 e. The predicted octanol–water partition coefficient (Wildman–Crippen LogP) is 2.36. The van der Waals surface area contributed by atoms with Crippen molar-refractivity contribution in [2.45, 2.75) is 18.9 Å². The molecule has 1 aliphatic heterocycles. The van der Waals surface area contributed by atoms with Gasteiger partial charge in [-0.3, -0.25) is 9.79 Å². The number of amides is 1. The molecular formula is C19H25ClN6OS. The number of hydrogen-bond acceptors (Lipinski definition) is 5. The molecule has 1 atom stereocenters. The Balaban J connectivity index is 1.36. The summed E-state index contributed by atoms with van der Waals surface area (Å²) in [7, 11) is 1.76. The second-order valence-electron chi connectivity index (χ2n) is 6.47. The van der Waals surface area contributed by atoms with E-state index >= 15 is 0 Å². The topological polar surface area (TPSA) is 81.6 Å². The lowest BCUT2D eigenvalue weighted by Crippen LogP contribution is -2.45. The third-order valence-corrected chi connectivity index (χ3v) is 5.63. The third kappa shape index (κ3) is 5.59. The van der Waals surface area contributed by atoms with Gasteiger partial charge in [-0.15, -0.1) is 11.3 Å². The highest BCUT2D eigenvalue weighted by molar-refractivity contribution is 7.12. The Morgan fingerprint density at radius 1 is 1.36 bits per heavy atom. The van der Waals surface area contributed by atoms with Crippen LogP contribution in [0.2, 0.25) is 5.02 Å². The van der Waals surface area contributed by atoms with Crippen LogP contribution in [0.5, 0.6) is 0 Å². The molecule has 0 aliphatic carbocycles. The summed E-state index contributed by atoms with van der Waals surface area (Å²) in [5.41, 5.74) is 0. The molecule has 3 heterocycles. The summed E-state index contributed by atoms with van der Waals surface area (Å²) in [4.78, 5) is 23.5. The maximum Gasteiger partial charge on any atom is 0.261 e. The molecule has 1 amide bonds. The summed E-state index contributed by atoms with van der Waals surface area (Å²) < 4.78 is 0. The maximum absolute atomic E-state index is 11.9. The van der Waals surface area contributed by atoms with Crippen molar-refractivity contribution >= 4 is 40.6 Å². The van der Waals surface area contributed by atoms with Crippen molar-refractivity contribution in [2.75, 3.05) is 38.1 Å². The standard InChI is InChI=1S/C19H25ClN6OS/c1-21-19(24-10-4-9-23-18(27)16-6-3-12-28-16)25-14-7-11-26(13-14)17-15(20)5-2-8-22-17/h2-3,5-6,8,12,14H,4,7,9-11,13H2,1H3,(H,23,27)(H2,21,24,25). The molecule has 3 rings (SSSR count). The SMILES string of the molecule is CN=C(NCCCNC(=O)c1cccs1)NC1CCN(c2ncccc2Cl)C1. The number of guanidine groups is 1. The lowest BCUT2D eigenvalue weighted by molar-refractivity contribution is 0.0957. The number of nitrogens with zero attached hydrogens (tertiary/aromatic N) is 3. The van der Waals surface area contributed by atoms with E-state index in [1.165, 1.54) is 11.3 Å². The second kappa shape index (κ2) is 10.3. The van der Waals surface area contributed by atoms with Crippen molar-refractivity contribution in [2.24, 2.45) is 4.99 Å². The predicted molar refractivity (Wildman–Crippen MR) is 116 cm³/mol. The molecule has 9 heteroatoms. The minimum atomic E-state index is -0.0169. The molecule has 28 heavy (non-hydrogen) atoms. The van der Waals surface area contributed by atoms with E-state index in [1.807, 2.05) is 29.6 Å². The molecule has 1 fully saturated rings. The molecule has 1 aliphatic rings. The number of rotatable bonds is 7. The zero-order valence-corrected chi connectivity index (χ0v) is 17.4. The van der Waals surface area contributed by atoms with Crippen LogP contribution in [0.15, 0.2) is 40.8 Å². The summed E-state index contributed by atoms with van der Waals surface area (Å²) >= 11 is 7.70. The van der Waals surface area contributed by atoms with E-state index in [0.29, 0.717) is 11.6 Å². The lowest BCUT2D eigenvalue weighted by atomic mass is 10.3. The van der Waals surface area contributed by atoms with E-state index in [9.17, 15) is 4.79 Å². The number of pyridine rings is 1. The number of carbonyl (C=O) groups is 1. The normalized spacial score (nSPS) is 16.9. The first-order valence-corrected chi connectivity index (χ1v) is 10.6. The Bertz CT molecular complexity index is 797. The van der Waals surface area contributed by atoms with E-state index in [4.69, 9.17) is 11.6 Å². The Kier molecular flexibility index (Phi) is 7.50. The highest BCUT2D eigenvalue weighted by Gasteiger charge is 2.25. The van der Waals surface area contributed by atoms with Gasteiger partial charge in [0, 0.05) is 45.5 Å². The molecule has 0 spiro atoms. The van der Waals surface area contributed by atoms with E-state index in [0.717, 1.165) is 49.1 Å². The average Bonchev–Trinajstić information content (AvgIpc) is 3.39. The Morgan fingerprint density at radius 3 is 2.96 bits per heavy atom. The molecule has 2 aromatic heterocycles. The van der Waals surface area contributed by atoms with E-state index in [1.54, 1.807) is 13.2 Å². The van der Waals surface area contributed by atoms with Crippen LogP contribution in [-0.2, 0) is 0 Å². The molecule has 150 valence electrons. The highest BCUT2D eigenvalue weighted by Crippen LogP contribution is 2.25. The van der Waals surface area contributed by atoms with Crippen LogP contribution >= 0.6 is 22.9 Å². The summed E-state index contributed by atoms with van der Waals surface area (Å²) in [5.74, 6) is 1.58. The molecule has 3 N–H and O–H groups in total. The van der Waals surface area contributed by atoms with E-state index in [-0.39, 0.29) is 11.9 Å². The Morgan fingerprint density at radius 2 is 2.21 bits per heavy atom. The minimum Gasteiger partial charge on any atom is -0.356 e. The van der Waals surface area contributed by atoms with Crippen molar-refractivity contribution in [1.82, 2.24) is 20.9 Å². The molecule has 1 unspecified atom stereocenters. The number of thiophene rings is 1. The van der Waals surface area contributed by atoms with Crippen LogP contribution in [0.1, 0.15) is 22.5 Å². The van der Waals surface area contributed by atoms with Crippen LogP contribution in [0.25, 0.3) is 0 Å². The van der Waals surface area contributed by atoms with Crippen molar-refractivity contribution in [3.05, 3.63) is 45.7 Å². The first kappa shape index (κ1) is 20.4. The summed E-state index contributed by atoms with van der Waals surface area (Å²) in [6, 6.07) is 7.69. The lowest BCUT2D eigenvalue weighted by Gasteiger charge is -2.20. The van der Waals surface area contributed by atoms with Crippen LogP contribution < -0.4 is 20.9 Å². The Hall–Kier alpha value is -2.32. The van der Waals surface area contributed by atoms with Gasteiger partial charge in [-0.1, -0.05) is 17.7 Å². The van der Waals surface area contributed by atoms with Crippen molar-refractivity contribution in [3.8, 4) is 0 Å². The van der Waals surface area contributed by atoms with Gasteiger partial charge in [0.15, 0.2) is 5.96 Å². The third-order valence-electron chi connectivity index (χ3n) is 4.47. The van der Waals surface area contributed by atoms with Crippen molar-refractivity contribution in [1.29, 1.82) is 0 Å².